The van der Waals surface area contributed by atoms with E-state index in [1.165, 1.54) is 0 Å². The second-order valence-electron chi connectivity index (χ2n) is 2.18. The number of ether oxygens (including phenoxy) is 1. The second-order valence-corrected chi connectivity index (χ2v) is 2.18. The lowest BCUT2D eigenvalue weighted by atomic mass is 10.2. The molecule has 0 aromatic rings. The summed E-state index contributed by atoms with van der Waals surface area (Å²) in [5.41, 5.74) is 1.12. The zero-order chi connectivity index (χ0) is 8.69. The lowest BCUT2D eigenvalue weighted by Crippen LogP contribution is -1.90. The minimum absolute atomic E-state index is 0.691. The quantitative estimate of drug-likeness (QED) is 0.444. The van der Waals surface area contributed by atoms with Gasteiger partial charge in [0, 0.05) is 0 Å². The molecule has 0 radical (unpaired) electrons. The van der Waals surface area contributed by atoms with Crippen molar-refractivity contribution in [1.29, 1.82) is 0 Å². The van der Waals surface area contributed by atoms with Crippen LogP contribution in [0.4, 0.5) is 0 Å². The van der Waals surface area contributed by atoms with Crippen molar-refractivity contribution in [2.75, 3.05) is 6.61 Å². The predicted molar refractivity (Wildman–Crippen MR) is 49.3 cm³/mol. The first-order valence-electron chi connectivity index (χ1n) is 3.85. The molecule has 62 valence electrons. The highest BCUT2D eigenvalue weighted by Gasteiger charge is 1.93. The number of rotatable bonds is 4. The van der Waals surface area contributed by atoms with Gasteiger partial charge in [0.1, 0.15) is 5.76 Å². The first kappa shape index (κ1) is 10.0. The van der Waals surface area contributed by atoms with Crippen molar-refractivity contribution in [3.63, 3.8) is 0 Å². The molecule has 1 heteroatoms. The molecule has 0 aliphatic carbocycles. The zero-order valence-electron chi connectivity index (χ0n) is 7.55. The number of allylic oxidation sites excluding steroid dienone is 4. The molecule has 0 amide bonds. The fraction of sp³-hybridized carbons (Fsp3) is 0.400. The smallest absolute Gasteiger partial charge is 0.121 e. The third-order valence-electron chi connectivity index (χ3n) is 1.29. The molecule has 0 aliphatic rings. The van der Waals surface area contributed by atoms with Crippen molar-refractivity contribution >= 4 is 0 Å². The maximum absolute atomic E-state index is 5.32. The highest BCUT2D eigenvalue weighted by molar-refractivity contribution is 5.25. The van der Waals surface area contributed by atoms with Gasteiger partial charge in [0.2, 0.25) is 0 Å². The van der Waals surface area contributed by atoms with E-state index >= 15 is 0 Å². The van der Waals surface area contributed by atoms with Gasteiger partial charge in [-0.3, -0.25) is 0 Å². The van der Waals surface area contributed by atoms with E-state index < -0.39 is 0 Å². The lowest BCUT2D eigenvalue weighted by molar-refractivity contribution is 0.240. The molecule has 0 N–H and O–H groups in total. The predicted octanol–water partition coefficient (Wildman–Crippen LogP) is 3.06. The van der Waals surface area contributed by atoms with Gasteiger partial charge in [-0.1, -0.05) is 18.7 Å². The molecule has 0 saturated heterocycles. The van der Waals surface area contributed by atoms with Gasteiger partial charge < -0.3 is 4.74 Å². The normalized spacial score (nSPS) is 13.0. The van der Waals surface area contributed by atoms with Crippen molar-refractivity contribution in [3.8, 4) is 0 Å². The van der Waals surface area contributed by atoms with Crippen LogP contribution in [0.5, 0.6) is 0 Å². The topological polar surface area (TPSA) is 9.23 Å². The van der Waals surface area contributed by atoms with Crippen LogP contribution in [-0.2, 0) is 4.74 Å². The third kappa shape index (κ3) is 3.66. The van der Waals surface area contributed by atoms with Crippen LogP contribution in [0.15, 0.2) is 36.1 Å². The maximum atomic E-state index is 5.32. The second kappa shape index (κ2) is 5.78. The minimum Gasteiger partial charge on any atom is -0.494 e. The van der Waals surface area contributed by atoms with Crippen molar-refractivity contribution in [3.05, 3.63) is 36.1 Å². The fourth-order valence-electron chi connectivity index (χ4n) is 0.821. The highest BCUT2D eigenvalue weighted by atomic mass is 16.5. The Morgan fingerprint density at radius 1 is 1.55 bits per heavy atom. The Hall–Kier alpha value is -0.980. The van der Waals surface area contributed by atoms with Gasteiger partial charge in [0.15, 0.2) is 0 Å². The molecule has 0 saturated carbocycles. The lowest BCUT2D eigenvalue weighted by Gasteiger charge is -2.05. The highest BCUT2D eigenvalue weighted by Crippen LogP contribution is 2.07. The van der Waals surface area contributed by atoms with Crippen LogP contribution in [0.1, 0.15) is 20.8 Å². The molecule has 0 aromatic heterocycles. The van der Waals surface area contributed by atoms with Gasteiger partial charge in [-0.25, -0.2) is 0 Å². The van der Waals surface area contributed by atoms with Gasteiger partial charge in [0.05, 0.1) is 6.61 Å². The average molecular weight is 152 g/mol. The van der Waals surface area contributed by atoms with E-state index in [2.05, 4.69) is 6.58 Å². The van der Waals surface area contributed by atoms with E-state index in [9.17, 15) is 0 Å². The summed E-state index contributed by atoms with van der Waals surface area (Å²) in [6.07, 6.45) is 5.73. The summed E-state index contributed by atoms with van der Waals surface area (Å²) in [6, 6.07) is 0. The van der Waals surface area contributed by atoms with Crippen LogP contribution in [0, 0.1) is 0 Å². The van der Waals surface area contributed by atoms with Crippen LogP contribution >= 0.6 is 0 Å². The number of hydrogen-bond acceptors (Lipinski definition) is 1. The summed E-state index contributed by atoms with van der Waals surface area (Å²) in [5, 5.41) is 0. The monoisotopic (exact) mass is 152 g/mol. The molecular formula is C10H16O. The molecule has 0 unspecified atom stereocenters. The largest absolute Gasteiger partial charge is 0.494 e. The summed E-state index contributed by atoms with van der Waals surface area (Å²) in [6.45, 7) is 10.3. The van der Waals surface area contributed by atoms with Crippen LogP contribution < -0.4 is 0 Å². The van der Waals surface area contributed by atoms with Crippen molar-refractivity contribution in [1.82, 2.24) is 0 Å². The molecule has 0 aromatic carbocycles. The van der Waals surface area contributed by atoms with E-state index in [4.69, 9.17) is 4.74 Å². The molecule has 0 aliphatic heterocycles. The van der Waals surface area contributed by atoms with Crippen molar-refractivity contribution < 1.29 is 4.74 Å². The van der Waals surface area contributed by atoms with Crippen molar-refractivity contribution in [2.24, 2.45) is 0 Å². The van der Waals surface area contributed by atoms with Crippen molar-refractivity contribution in [2.45, 2.75) is 20.8 Å². The summed E-state index contributed by atoms with van der Waals surface area (Å²) in [5.74, 6) is 0.866. The van der Waals surface area contributed by atoms with Crippen LogP contribution in [0.25, 0.3) is 0 Å². The molecule has 0 bridgehead atoms. The summed E-state index contributed by atoms with van der Waals surface area (Å²) in [7, 11) is 0. The van der Waals surface area contributed by atoms with E-state index in [0.717, 1.165) is 11.3 Å². The molecule has 0 rings (SSSR count). The molecule has 1 nitrogen and oxygen atoms in total. The first-order chi connectivity index (χ1) is 5.26. The van der Waals surface area contributed by atoms with E-state index in [-0.39, 0.29) is 0 Å². The Balaban J connectivity index is 4.38. The molecular weight excluding hydrogens is 136 g/mol. The fourth-order valence-corrected chi connectivity index (χ4v) is 0.821. The van der Waals surface area contributed by atoms with Gasteiger partial charge in [-0.2, -0.15) is 0 Å². The molecule has 0 atom stereocenters. The summed E-state index contributed by atoms with van der Waals surface area (Å²) < 4.78 is 5.32. The summed E-state index contributed by atoms with van der Waals surface area (Å²) >= 11 is 0. The molecule has 0 spiro atoms. The van der Waals surface area contributed by atoms with Gasteiger partial charge in [-0.15, -0.1) is 0 Å². The van der Waals surface area contributed by atoms with Gasteiger partial charge in [0.25, 0.3) is 0 Å². The maximum Gasteiger partial charge on any atom is 0.121 e. The van der Waals surface area contributed by atoms with E-state index in [1.807, 2.05) is 32.9 Å². The Morgan fingerprint density at radius 2 is 2.18 bits per heavy atom. The molecule has 0 heterocycles. The summed E-state index contributed by atoms with van der Waals surface area (Å²) in [4.78, 5) is 0. The number of hydrogen-bond donors (Lipinski definition) is 0. The Labute approximate surface area is 69.1 Å². The SMILES string of the molecule is C=C/C(OCC)=C(C)\C=C/C. The van der Waals surface area contributed by atoms with Gasteiger partial charge in [-0.05, 0) is 32.4 Å². The first-order valence-corrected chi connectivity index (χ1v) is 3.85. The third-order valence-corrected chi connectivity index (χ3v) is 1.29. The van der Waals surface area contributed by atoms with E-state index in [0.29, 0.717) is 6.61 Å². The Kier molecular flexibility index (Phi) is 5.26. The van der Waals surface area contributed by atoms with Crippen LogP contribution in [0.2, 0.25) is 0 Å². The standard InChI is InChI=1S/C10H16O/c1-5-8-9(4)10(6-2)11-7-3/h5-6,8H,2,7H2,1,3-4H3/b8-5-,10-9+. The zero-order valence-corrected chi connectivity index (χ0v) is 7.55. The van der Waals surface area contributed by atoms with Crippen LogP contribution in [-0.4, -0.2) is 6.61 Å². The van der Waals surface area contributed by atoms with Crippen LogP contribution in [0.3, 0.4) is 0 Å². The molecule has 0 fully saturated rings. The van der Waals surface area contributed by atoms with E-state index in [1.54, 1.807) is 6.08 Å². The Bertz CT molecular complexity index is 175. The average Bonchev–Trinajstić information content (AvgIpc) is 2.00. The Morgan fingerprint density at radius 3 is 2.55 bits per heavy atom. The van der Waals surface area contributed by atoms with Gasteiger partial charge >= 0.3 is 0 Å². The molecule has 11 heavy (non-hydrogen) atoms. The minimum atomic E-state index is 0.691.